The second-order valence-corrected chi connectivity index (χ2v) is 6.55. The number of amides is 1. The van der Waals surface area contributed by atoms with E-state index >= 15 is 0 Å². The quantitative estimate of drug-likeness (QED) is 0.903. The predicted octanol–water partition coefficient (Wildman–Crippen LogP) is 3.22. The van der Waals surface area contributed by atoms with Gasteiger partial charge in [0.05, 0.1) is 16.0 Å². The molecule has 3 rings (SSSR count). The molecule has 0 saturated carbocycles. The number of fused-ring (bicyclic) bond motifs is 1. The van der Waals surface area contributed by atoms with Crippen LogP contribution in [0, 0.1) is 5.82 Å². The van der Waals surface area contributed by atoms with Crippen LogP contribution in [-0.4, -0.2) is 30.0 Å². The molecule has 1 unspecified atom stereocenters. The zero-order valence-electron chi connectivity index (χ0n) is 12.6. The number of nitrogens with zero attached hydrogens (tertiary/aromatic N) is 1. The molecular formula is C17H17FN2O2S. The van der Waals surface area contributed by atoms with Gasteiger partial charge in [0.15, 0.2) is 0 Å². The van der Waals surface area contributed by atoms with Gasteiger partial charge >= 0.3 is 0 Å². The number of benzene rings is 2. The predicted molar refractivity (Wildman–Crippen MR) is 89.5 cm³/mol. The third kappa shape index (κ3) is 3.27. The van der Waals surface area contributed by atoms with E-state index in [4.69, 9.17) is 0 Å². The monoisotopic (exact) mass is 332 g/mol. The number of rotatable bonds is 4. The molecule has 0 fully saturated rings. The van der Waals surface area contributed by atoms with Crippen LogP contribution in [0.5, 0.6) is 5.75 Å². The summed E-state index contributed by atoms with van der Waals surface area (Å²) < 4.78 is 12.9. The molecule has 2 aromatic rings. The Labute approximate surface area is 138 Å². The van der Waals surface area contributed by atoms with Crippen LogP contribution in [0.1, 0.15) is 16.8 Å². The Bertz CT molecular complexity index is 721. The maximum absolute atomic E-state index is 12.9. The van der Waals surface area contributed by atoms with Crippen LogP contribution in [-0.2, 0) is 0 Å². The summed E-state index contributed by atoms with van der Waals surface area (Å²) in [6.07, 6.45) is 0.738. The number of carbonyl (C=O) groups excluding carboxylic acids is 1. The lowest BCUT2D eigenvalue weighted by Gasteiger charge is -2.21. The largest absolute Gasteiger partial charge is 0.507 e. The Hall–Kier alpha value is -2.21. The van der Waals surface area contributed by atoms with E-state index in [1.165, 1.54) is 24.3 Å². The van der Waals surface area contributed by atoms with Crippen molar-refractivity contribution in [1.82, 2.24) is 5.32 Å². The van der Waals surface area contributed by atoms with Crippen molar-refractivity contribution < 1.29 is 14.3 Å². The first-order valence-corrected chi connectivity index (χ1v) is 8.19. The van der Waals surface area contributed by atoms with Crippen LogP contribution < -0.4 is 10.2 Å². The number of hydrogen-bond donors (Lipinski definition) is 2. The number of aromatic hydroxyl groups is 1. The molecule has 1 amide bonds. The third-order valence-corrected chi connectivity index (χ3v) is 5.30. The molecule has 6 heteroatoms. The normalized spacial score (nSPS) is 16.3. The summed E-state index contributed by atoms with van der Waals surface area (Å²) in [6, 6.07) is 11.0. The van der Waals surface area contributed by atoms with Crippen molar-refractivity contribution in [2.45, 2.75) is 16.7 Å². The number of thioether (sulfide) groups is 1. The van der Waals surface area contributed by atoms with Crippen LogP contribution in [0.4, 0.5) is 10.1 Å². The van der Waals surface area contributed by atoms with Gasteiger partial charge in [0.1, 0.15) is 11.6 Å². The van der Waals surface area contributed by atoms with Crippen molar-refractivity contribution in [3.8, 4) is 5.75 Å². The first-order chi connectivity index (χ1) is 11.1. The lowest BCUT2D eigenvalue weighted by molar-refractivity contribution is 0.0953. The van der Waals surface area contributed by atoms with Crippen LogP contribution >= 0.6 is 11.8 Å². The standard InChI is InChI=1S/C17H17FN2O2S/c1-20-13-3-2-4-14(21)16(13)23-15(20)9-10-19-17(22)11-5-7-12(18)8-6-11/h2-8,15,21H,9-10H2,1H3,(H,19,22). The van der Waals surface area contributed by atoms with E-state index in [2.05, 4.69) is 10.2 Å². The van der Waals surface area contributed by atoms with E-state index in [-0.39, 0.29) is 22.8 Å². The molecule has 1 heterocycles. The molecule has 120 valence electrons. The topological polar surface area (TPSA) is 52.6 Å². The highest BCUT2D eigenvalue weighted by atomic mass is 32.2. The number of phenolic OH excluding ortho intramolecular Hbond substituents is 1. The second kappa shape index (κ2) is 6.50. The summed E-state index contributed by atoms with van der Waals surface area (Å²) >= 11 is 1.60. The van der Waals surface area contributed by atoms with E-state index in [0.717, 1.165) is 17.0 Å². The van der Waals surface area contributed by atoms with Gasteiger partial charge in [0, 0.05) is 19.2 Å². The Kier molecular flexibility index (Phi) is 4.43. The average Bonchev–Trinajstić information content (AvgIpc) is 2.86. The minimum atomic E-state index is -0.358. The summed E-state index contributed by atoms with van der Waals surface area (Å²) in [5, 5.41) is 12.9. The van der Waals surface area contributed by atoms with E-state index in [0.29, 0.717) is 12.1 Å². The van der Waals surface area contributed by atoms with Crippen LogP contribution in [0.15, 0.2) is 47.4 Å². The molecule has 1 atom stereocenters. The summed E-state index contributed by atoms with van der Waals surface area (Å²) in [5.41, 5.74) is 1.45. The van der Waals surface area contributed by atoms with E-state index in [9.17, 15) is 14.3 Å². The average molecular weight is 332 g/mol. The highest BCUT2D eigenvalue weighted by Crippen LogP contribution is 2.47. The Morgan fingerprint density at radius 1 is 1.30 bits per heavy atom. The summed E-state index contributed by atoms with van der Waals surface area (Å²) in [4.78, 5) is 15.0. The fraction of sp³-hybridized carbons (Fsp3) is 0.235. The minimum Gasteiger partial charge on any atom is -0.507 e. The molecule has 1 aliphatic rings. The van der Waals surface area contributed by atoms with Gasteiger partial charge < -0.3 is 15.3 Å². The van der Waals surface area contributed by atoms with E-state index < -0.39 is 0 Å². The SMILES string of the molecule is CN1c2cccc(O)c2SC1CCNC(=O)c1ccc(F)cc1. The molecule has 0 aromatic heterocycles. The number of anilines is 1. The molecule has 0 aliphatic carbocycles. The molecule has 0 radical (unpaired) electrons. The number of nitrogens with one attached hydrogen (secondary N) is 1. The maximum atomic E-state index is 12.9. The molecular weight excluding hydrogens is 315 g/mol. The number of hydrogen-bond acceptors (Lipinski definition) is 4. The molecule has 4 nitrogen and oxygen atoms in total. The van der Waals surface area contributed by atoms with Crippen LogP contribution in [0.3, 0.4) is 0 Å². The van der Waals surface area contributed by atoms with Gasteiger partial charge in [-0.15, -0.1) is 0 Å². The van der Waals surface area contributed by atoms with E-state index in [1.54, 1.807) is 17.8 Å². The van der Waals surface area contributed by atoms with Gasteiger partial charge in [-0.25, -0.2) is 4.39 Å². The minimum absolute atomic E-state index is 0.159. The molecule has 0 spiro atoms. The van der Waals surface area contributed by atoms with Crippen molar-refractivity contribution in [2.75, 3.05) is 18.5 Å². The lowest BCUT2D eigenvalue weighted by atomic mass is 10.2. The summed E-state index contributed by atoms with van der Waals surface area (Å²) in [6.45, 7) is 0.507. The number of phenols is 1. The molecule has 0 bridgehead atoms. The van der Waals surface area contributed by atoms with Crippen molar-refractivity contribution in [3.05, 3.63) is 53.8 Å². The molecule has 0 saturated heterocycles. The van der Waals surface area contributed by atoms with Crippen LogP contribution in [0.25, 0.3) is 0 Å². The fourth-order valence-electron chi connectivity index (χ4n) is 2.55. The molecule has 23 heavy (non-hydrogen) atoms. The second-order valence-electron chi connectivity index (χ2n) is 5.36. The Morgan fingerprint density at radius 3 is 2.74 bits per heavy atom. The number of halogens is 1. The smallest absolute Gasteiger partial charge is 0.251 e. The molecule has 2 aromatic carbocycles. The van der Waals surface area contributed by atoms with Gasteiger partial charge in [-0.2, -0.15) is 0 Å². The zero-order chi connectivity index (χ0) is 16.4. The van der Waals surface area contributed by atoms with Gasteiger partial charge in [-0.3, -0.25) is 4.79 Å². The van der Waals surface area contributed by atoms with Crippen molar-refractivity contribution in [1.29, 1.82) is 0 Å². The lowest BCUT2D eigenvalue weighted by Crippen LogP contribution is -2.31. The first-order valence-electron chi connectivity index (χ1n) is 7.31. The number of carbonyl (C=O) groups is 1. The molecule has 2 N–H and O–H groups in total. The zero-order valence-corrected chi connectivity index (χ0v) is 13.4. The van der Waals surface area contributed by atoms with Gasteiger partial charge in [-0.1, -0.05) is 17.8 Å². The fourth-order valence-corrected chi connectivity index (χ4v) is 3.85. The van der Waals surface area contributed by atoms with Gasteiger partial charge in [-0.05, 0) is 42.8 Å². The third-order valence-electron chi connectivity index (χ3n) is 3.82. The summed E-state index contributed by atoms with van der Waals surface area (Å²) in [7, 11) is 1.98. The van der Waals surface area contributed by atoms with Crippen molar-refractivity contribution in [2.24, 2.45) is 0 Å². The van der Waals surface area contributed by atoms with Gasteiger partial charge in [0.2, 0.25) is 0 Å². The summed E-state index contributed by atoms with van der Waals surface area (Å²) in [5.74, 6) is -0.281. The first kappa shape index (κ1) is 15.7. The van der Waals surface area contributed by atoms with Crippen molar-refractivity contribution in [3.63, 3.8) is 0 Å². The Balaban J connectivity index is 1.55. The van der Waals surface area contributed by atoms with Crippen LogP contribution in [0.2, 0.25) is 0 Å². The maximum Gasteiger partial charge on any atom is 0.251 e. The molecule has 1 aliphatic heterocycles. The van der Waals surface area contributed by atoms with Gasteiger partial charge in [0.25, 0.3) is 5.91 Å². The Morgan fingerprint density at radius 2 is 2.04 bits per heavy atom. The highest BCUT2D eigenvalue weighted by Gasteiger charge is 2.29. The highest BCUT2D eigenvalue weighted by molar-refractivity contribution is 8.00. The van der Waals surface area contributed by atoms with E-state index in [1.807, 2.05) is 19.2 Å². The van der Waals surface area contributed by atoms with Crippen molar-refractivity contribution >= 4 is 23.4 Å².